The molecule has 2 heterocycles. The van der Waals surface area contributed by atoms with Crippen LogP contribution in [0.2, 0.25) is 10.0 Å². The number of hydrogen-bond acceptors (Lipinski definition) is 6. The molecule has 146 valence electrons. The van der Waals surface area contributed by atoms with E-state index in [0.717, 1.165) is 0 Å². The van der Waals surface area contributed by atoms with Crippen LogP contribution in [0.5, 0.6) is 5.75 Å². The lowest BCUT2D eigenvalue weighted by molar-refractivity contribution is 0.0526. The van der Waals surface area contributed by atoms with Gasteiger partial charge in [0, 0.05) is 25.3 Å². The third-order valence-electron chi connectivity index (χ3n) is 3.64. The monoisotopic (exact) mass is 421 g/mol. The zero-order valence-corrected chi connectivity index (χ0v) is 16.9. The first-order chi connectivity index (χ1) is 13.3. The number of halogens is 2. The van der Waals surface area contributed by atoms with Gasteiger partial charge >= 0.3 is 5.97 Å². The molecule has 2 aromatic heterocycles. The molecule has 8 nitrogen and oxygen atoms in total. The number of carbonyl (C=O) groups is 1. The lowest BCUT2D eigenvalue weighted by atomic mass is 10.1. The first-order valence-corrected chi connectivity index (χ1v) is 9.02. The molecule has 0 amide bonds. The third-order valence-corrected chi connectivity index (χ3v) is 4.15. The van der Waals surface area contributed by atoms with E-state index in [1.807, 2.05) is 0 Å². The van der Waals surface area contributed by atoms with Gasteiger partial charge in [0.25, 0.3) is 5.95 Å². The summed E-state index contributed by atoms with van der Waals surface area (Å²) in [5.74, 6) is -0.532. The Balaban J connectivity index is 2.28. The Morgan fingerprint density at radius 3 is 2.75 bits per heavy atom. The normalized spacial score (nSPS) is 11.3. The molecule has 0 aliphatic heterocycles. The van der Waals surface area contributed by atoms with Gasteiger partial charge in [0.05, 0.1) is 34.6 Å². The van der Waals surface area contributed by atoms with Gasteiger partial charge in [-0.3, -0.25) is 0 Å². The van der Waals surface area contributed by atoms with E-state index in [2.05, 4.69) is 15.1 Å². The van der Waals surface area contributed by atoms with Crippen molar-refractivity contribution in [2.24, 2.45) is 4.99 Å². The second-order valence-electron chi connectivity index (χ2n) is 6.03. The molecule has 0 saturated carbocycles. The third kappa shape index (κ3) is 4.02. The number of ether oxygens (including phenoxy) is 1. The van der Waals surface area contributed by atoms with Crippen LogP contribution in [0, 0.1) is 0 Å². The van der Waals surface area contributed by atoms with Crippen LogP contribution in [-0.4, -0.2) is 57.6 Å². The fourth-order valence-electron chi connectivity index (χ4n) is 2.51. The van der Waals surface area contributed by atoms with Crippen LogP contribution in [0.1, 0.15) is 17.3 Å². The molecular formula is C18H17Cl2N5O3. The number of aliphatic imine (C=N–C) groups is 1. The summed E-state index contributed by atoms with van der Waals surface area (Å²) in [7, 11) is 3.61. The summed E-state index contributed by atoms with van der Waals surface area (Å²) in [6.07, 6.45) is 3.04. The number of aromatic hydroxyl groups is 1. The lowest BCUT2D eigenvalue weighted by Gasteiger charge is -2.10. The molecule has 0 saturated heterocycles. The zero-order valence-electron chi connectivity index (χ0n) is 15.3. The van der Waals surface area contributed by atoms with Gasteiger partial charge in [-0.05, 0) is 25.1 Å². The van der Waals surface area contributed by atoms with E-state index in [0.29, 0.717) is 11.2 Å². The molecule has 0 aliphatic rings. The number of benzene rings is 1. The summed E-state index contributed by atoms with van der Waals surface area (Å²) in [5.41, 5.74) is 1.30. The Morgan fingerprint density at radius 2 is 2.11 bits per heavy atom. The fraction of sp³-hybridized carbons (Fsp3) is 0.222. The van der Waals surface area contributed by atoms with E-state index < -0.39 is 5.97 Å². The maximum atomic E-state index is 12.1. The lowest BCUT2D eigenvalue weighted by Crippen LogP contribution is -2.08. The molecule has 28 heavy (non-hydrogen) atoms. The van der Waals surface area contributed by atoms with E-state index in [1.165, 1.54) is 29.2 Å². The highest BCUT2D eigenvalue weighted by Crippen LogP contribution is 2.40. The van der Waals surface area contributed by atoms with Crippen molar-refractivity contribution in [1.82, 2.24) is 19.5 Å². The smallest absolute Gasteiger partial charge is 0.339 e. The van der Waals surface area contributed by atoms with Crippen molar-refractivity contribution in [3.63, 3.8) is 0 Å². The highest BCUT2D eigenvalue weighted by atomic mass is 35.5. The highest BCUT2D eigenvalue weighted by Gasteiger charge is 2.20. The van der Waals surface area contributed by atoms with E-state index in [1.54, 1.807) is 32.0 Å². The van der Waals surface area contributed by atoms with Crippen LogP contribution < -0.4 is 0 Å². The molecule has 3 rings (SSSR count). The van der Waals surface area contributed by atoms with Crippen molar-refractivity contribution in [2.75, 3.05) is 20.7 Å². The number of fused-ring (bicyclic) bond motifs is 1. The summed E-state index contributed by atoms with van der Waals surface area (Å²) in [5, 5.41) is 15.2. The summed E-state index contributed by atoms with van der Waals surface area (Å²) >= 11 is 12.3. The van der Waals surface area contributed by atoms with Crippen molar-refractivity contribution < 1.29 is 14.6 Å². The highest BCUT2D eigenvalue weighted by molar-refractivity contribution is 6.37. The molecule has 0 bridgehead atoms. The van der Waals surface area contributed by atoms with Gasteiger partial charge in [0.15, 0.2) is 0 Å². The van der Waals surface area contributed by atoms with Crippen LogP contribution in [0.4, 0.5) is 5.95 Å². The number of aromatic nitrogens is 3. The Bertz CT molecular complexity index is 1060. The second kappa shape index (κ2) is 8.04. The molecule has 1 N–H and O–H groups in total. The van der Waals surface area contributed by atoms with Crippen molar-refractivity contribution >= 4 is 47.0 Å². The van der Waals surface area contributed by atoms with E-state index in [9.17, 15) is 9.90 Å². The minimum atomic E-state index is -0.497. The van der Waals surface area contributed by atoms with Gasteiger partial charge in [-0.2, -0.15) is 0 Å². The minimum Gasteiger partial charge on any atom is -0.507 e. The summed E-state index contributed by atoms with van der Waals surface area (Å²) < 4.78 is 6.49. The van der Waals surface area contributed by atoms with Crippen LogP contribution >= 0.6 is 23.2 Å². The molecular weight excluding hydrogens is 405 g/mol. The average Bonchev–Trinajstić information content (AvgIpc) is 3.03. The van der Waals surface area contributed by atoms with Crippen molar-refractivity contribution in [3.05, 3.63) is 40.0 Å². The van der Waals surface area contributed by atoms with E-state index in [4.69, 9.17) is 27.9 Å². The van der Waals surface area contributed by atoms with Crippen molar-refractivity contribution in [1.29, 1.82) is 0 Å². The van der Waals surface area contributed by atoms with Gasteiger partial charge in [0.1, 0.15) is 11.4 Å². The summed E-state index contributed by atoms with van der Waals surface area (Å²) in [6.45, 7) is 1.96. The molecule has 0 aliphatic carbocycles. The number of phenolic OH excluding ortho intramolecular Hbond substituents is 1. The average molecular weight is 422 g/mol. The van der Waals surface area contributed by atoms with Crippen molar-refractivity contribution in [3.8, 4) is 17.0 Å². The SMILES string of the molecule is CCOC(=O)c1cc2c(-c3c(O)cc(Cl)cc3Cl)nc(/N=C/N(C)C)nn2c1. The Hall–Kier alpha value is -2.84. The Morgan fingerprint density at radius 1 is 1.36 bits per heavy atom. The van der Waals surface area contributed by atoms with Gasteiger partial charge in [0.2, 0.25) is 0 Å². The van der Waals surface area contributed by atoms with Gasteiger partial charge in [-0.25, -0.2) is 19.3 Å². The Labute approximate surface area is 171 Å². The largest absolute Gasteiger partial charge is 0.507 e. The van der Waals surface area contributed by atoms with Crippen LogP contribution in [0.3, 0.4) is 0 Å². The van der Waals surface area contributed by atoms with Gasteiger partial charge in [-0.1, -0.05) is 23.2 Å². The topological polar surface area (TPSA) is 92.3 Å². The number of nitrogens with zero attached hydrogens (tertiary/aromatic N) is 5. The molecule has 0 radical (unpaired) electrons. The fourth-order valence-corrected chi connectivity index (χ4v) is 3.09. The first-order valence-electron chi connectivity index (χ1n) is 8.26. The number of hydrogen-bond donors (Lipinski definition) is 1. The number of rotatable bonds is 5. The first kappa shape index (κ1) is 19.9. The molecule has 3 aromatic rings. The number of esters is 1. The molecule has 1 aromatic carbocycles. The number of phenols is 1. The quantitative estimate of drug-likeness (QED) is 0.382. The van der Waals surface area contributed by atoms with Gasteiger partial charge < -0.3 is 14.7 Å². The van der Waals surface area contributed by atoms with Crippen molar-refractivity contribution in [2.45, 2.75) is 6.92 Å². The van der Waals surface area contributed by atoms with Crippen LogP contribution in [0.25, 0.3) is 16.8 Å². The van der Waals surface area contributed by atoms with E-state index >= 15 is 0 Å². The molecule has 0 unspecified atom stereocenters. The van der Waals surface area contributed by atoms with Gasteiger partial charge in [-0.15, -0.1) is 5.10 Å². The summed E-state index contributed by atoms with van der Waals surface area (Å²) in [6, 6.07) is 4.42. The minimum absolute atomic E-state index is 0.118. The number of carbonyl (C=O) groups excluding carboxylic acids is 1. The molecule has 0 atom stereocenters. The predicted molar refractivity (Wildman–Crippen MR) is 108 cm³/mol. The van der Waals surface area contributed by atoms with Crippen LogP contribution in [-0.2, 0) is 4.74 Å². The molecule has 0 fully saturated rings. The Kier molecular flexibility index (Phi) is 5.71. The van der Waals surface area contributed by atoms with Crippen LogP contribution in [0.15, 0.2) is 29.4 Å². The maximum Gasteiger partial charge on any atom is 0.339 e. The molecule has 0 spiro atoms. The zero-order chi connectivity index (χ0) is 20.4. The standard InChI is InChI=1S/C18H17Cl2N5O3/c1-4-28-17(27)10-5-13-16(15-12(20)6-11(19)7-14(15)26)22-18(21-9-24(2)3)23-25(13)8-10/h5-9,26H,4H2,1-3H3/b21-9+. The predicted octanol–water partition coefficient (Wildman–Crippen LogP) is 3.81. The molecule has 10 heteroatoms. The maximum absolute atomic E-state index is 12.1. The van der Waals surface area contributed by atoms with E-state index in [-0.39, 0.29) is 39.5 Å². The summed E-state index contributed by atoms with van der Waals surface area (Å²) in [4.78, 5) is 22.5. The second-order valence-corrected chi connectivity index (χ2v) is 6.87.